The summed E-state index contributed by atoms with van der Waals surface area (Å²) in [5.74, 6) is 0.300. The third-order valence-electron chi connectivity index (χ3n) is 3.54. The summed E-state index contributed by atoms with van der Waals surface area (Å²) in [6.45, 7) is 6.85. The minimum atomic E-state index is 0.300. The molecule has 1 aliphatic carbocycles. The van der Waals surface area contributed by atoms with E-state index in [9.17, 15) is 4.79 Å². The van der Waals surface area contributed by atoms with Gasteiger partial charge in [0.2, 0.25) is 5.91 Å². The zero-order valence-electron chi connectivity index (χ0n) is 12.2. The van der Waals surface area contributed by atoms with Crippen LogP contribution in [0.5, 0.6) is 0 Å². The summed E-state index contributed by atoms with van der Waals surface area (Å²) in [4.78, 5) is 14.2. The molecule has 0 radical (unpaired) electrons. The van der Waals surface area contributed by atoms with Gasteiger partial charge in [-0.2, -0.15) is 0 Å². The maximum absolute atomic E-state index is 12.1. The molecule has 1 rings (SSSR count). The Kier molecular flexibility index (Phi) is 8.06. The van der Waals surface area contributed by atoms with Crippen molar-refractivity contribution in [2.24, 2.45) is 0 Å². The summed E-state index contributed by atoms with van der Waals surface area (Å²) in [5, 5.41) is 3.33. The van der Waals surface area contributed by atoms with Crippen LogP contribution >= 0.6 is 0 Å². The van der Waals surface area contributed by atoms with Gasteiger partial charge in [0.05, 0.1) is 6.54 Å². The van der Waals surface area contributed by atoms with E-state index in [2.05, 4.69) is 24.1 Å². The molecule has 0 unspecified atom stereocenters. The van der Waals surface area contributed by atoms with E-state index in [0.29, 0.717) is 18.5 Å². The van der Waals surface area contributed by atoms with E-state index in [4.69, 9.17) is 0 Å². The minimum absolute atomic E-state index is 0.300. The molecule has 106 valence electrons. The van der Waals surface area contributed by atoms with Crippen LogP contribution in [0.4, 0.5) is 0 Å². The van der Waals surface area contributed by atoms with Crippen molar-refractivity contribution in [2.75, 3.05) is 19.6 Å². The molecule has 1 saturated carbocycles. The molecular formula is C15H30N2O. The van der Waals surface area contributed by atoms with Gasteiger partial charge in [0.15, 0.2) is 0 Å². The first-order valence-corrected chi connectivity index (χ1v) is 7.79. The second-order valence-corrected chi connectivity index (χ2v) is 5.45. The van der Waals surface area contributed by atoms with Crippen LogP contribution in [0.1, 0.15) is 65.2 Å². The van der Waals surface area contributed by atoms with Gasteiger partial charge in [-0.25, -0.2) is 0 Å². The number of carbonyl (C=O) groups excluding carboxylic acids is 1. The van der Waals surface area contributed by atoms with E-state index in [1.165, 1.54) is 38.5 Å². The monoisotopic (exact) mass is 254 g/mol. The van der Waals surface area contributed by atoms with Crippen LogP contribution < -0.4 is 5.32 Å². The van der Waals surface area contributed by atoms with Gasteiger partial charge in [0.25, 0.3) is 0 Å². The topological polar surface area (TPSA) is 32.3 Å². The average Bonchev–Trinajstić information content (AvgIpc) is 3.18. The van der Waals surface area contributed by atoms with Gasteiger partial charge in [-0.1, -0.05) is 39.5 Å². The number of hydrogen-bond donors (Lipinski definition) is 1. The molecule has 0 spiro atoms. The van der Waals surface area contributed by atoms with Crippen LogP contribution in [0.3, 0.4) is 0 Å². The van der Waals surface area contributed by atoms with E-state index in [1.54, 1.807) is 0 Å². The molecule has 0 heterocycles. The molecule has 1 amide bonds. The Morgan fingerprint density at radius 2 is 1.61 bits per heavy atom. The number of nitrogens with one attached hydrogen (secondary N) is 1. The lowest BCUT2D eigenvalue weighted by molar-refractivity contribution is -0.130. The first-order chi connectivity index (χ1) is 8.77. The van der Waals surface area contributed by atoms with E-state index in [1.807, 2.05) is 0 Å². The predicted molar refractivity (Wildman–Crippen MR) is 76.7 cm³/mol. The van der Waals surface area contributed by atoms with Crippen molar-refractivity contribution in [3.05, 3.63) is 0 Å². The molecule has 0 aliphatic heterocycles. The Bertz CT molecular complexity index is 217. The molecule has 18 heavy (non-hydrogen) atoms. The Morgan fingerprint density at radius 3 is 2.06 bits per heavy atom. The van der Waals surface area contributed by atoms with Gasteiger partial charge < -0.3 is 10.2 Å². The van der Waals surface area contributed by atoms with Crippen LogP contribution in [0.15, 0.2) is 0 Å². The third-order valence-corrected chi connectivity index (χ3v) is 3.54. The van der Waals surface area contributed by atoms with Crippen LogP contribution in [0.25, 0.3) is 0 Å². The molecule has 0 aromatic heterocycles. The van der Waals surface area contributed by atoms with Gasteiger partial charge in [0.1, 0.15) is 0 Å². The molecule has 0 aromatic carbocycles. The normalized spacial score (nSPS) is 14.8. The fourth-order valence-electron chi connectivity index (χ4n) is 2.10. The van der Waals surface area contributed by atoms with Crippen molar-refractivity contribution in [3.8, 4) is 0 Å². The summed E-state index contributed by atoms with van der Waals surface area (Å²) < 4.78 is 0. The summed E-state index contributed by atoms with van der Waals surface area (Å²) in [7, 11) is 0. The molecular weight excluding hydrogens is 224 g/mol. The van der Waals surface area contributed by atoms with Crippen LogP contribution in [-0.4, -0.2) is 36.5 Å². The van der Waals surface area contributed by atoms with Crippen LogP contribution in [-0.2, 0) is 4.79 Å². The van der Waals surface area contributed by atoms with Gasteiger partial charge >= 0.3 is 0 Å². The maximum atomic E-state index is 12.1. The lowest BCUT2D eigenvalue weighted by Gasteiger charge is -2.23. The van der Waals surface area contributed by atoms with Crippen molar-refractivity contribution in [2.45, 2.75) is 71.3 Å². The first kappa shape index (κ1) is 15.5. The van der Waals surface area contributed by atoms with Gasteiger partial charge in [0, 0.05) is 19.1 Å². The zero-order chi connectivity index (χ0) is 13.2. The largest absolute Gasteiger partial charge is 0.342 e. The van der Waals surface area contributed by atoms with E-state index in [-0.39, 0.29) is 0 Å². The highest BCUT2D eigenvalue weighted by Crippen LogP contribution is 2.18. The molecule has 0 bridgehead atoms. The van der Waals surface area contributed by atoms with Gasteiger partial charge in [-0.05, 0) is 25.7 Å². The summed E-state index contributed by atoms with van der Waals surface area (Å²) in [6, 6.07) is 0.627. The molecule has 1 fully saturated rings. The molecule has 0 atom stereocenters. The minimum Gasteiger partial charge on any atom is -0.342 e. The Hall–Kier alpha value is -0.570. The highest BCUT2D eigenvalue weighted by atomic mass is 16.2. The van der Waals surface area contributed by atoms with Gasteiger partial charge in [-0.15, -0.1) is 0 Å². The summed E-state index contributed by atoms with van der Waals surface area (Å²) >= 11 is 0. The Labute approximate surface area is 112 Å². The Morgan fingerprint density at radius 1 is 1.06 bits per heavy atom. The maximum Gasteiger partial charge on any atom is 0.236 e. The van der Waals surface area contributed by atoms with Crippen molar-refractivity contribution in [3.63, 3.8) is 0 Å². The third kappa shape index (κ3) is 7.00. The smallest absolute Gasteiger partial charge is 0.236 e. The zero-order valence-corrected chi connectivity index (χ0v) is 12.2. The number of carbonyl (C=O) groups is 1. The van der Waals surface area contributed by atoms with Crippen molar-refractivity contribution >= 4 is 5.91 Å². The summed E-state index contributed by atoms with van der Waals surface area (Å²) in [5.41, 5.74) is 0. The number of amides is 1. The fraction of sp³-hybridized carbons (Fsp3) is 0.933. The number of nitrogens with zero attached hydrogens (tertiary/aromatic N) is 1. The van der Waals surface area contributed by atoms with E-state index >= 15 is 0 Å². The Balaban J connectivity index is 2.22. The molecule has 1 N–H and O–H groups in total. The lowest BCUT2D eigenvalue weighted by Crippen LogP contribution is -2.40. The second kappa shape index (κ2) is 9.37. The van der Waals surface area contributed by atoms with Crippen LogP contribution in [0, 0.1) is 0 Å². The standard InChI is InChI=1S/C15H30N2O/c1-3-5-7-11-17(12-8-6-4-2)15(18)13-16-14-9-10-14/h14,16H,3-13H2,1-2H3. The number of rotatable bonds is 11. The highest BCUT2D eigenvalue weighted by Gasteiger charge is 2.22. The van der Waals surface area contributed by atoms with E-state index < -0.39 is 0 Å². The van der Waals surface area contributed by atoms with Crippen molar-refractivity contribution in [1.29, 1.82) is 0 Å². The van der Waals surface area contributed by atoms with Crippen molar-refractivity contribution in [1.82, 2.24) is 10.2 Å². The molecule has 3 heteroatoms. The fourth-order valence-corrected chi connectivity index (χ4v) is 2.10. The predicted octanol–water partition coefficient (Wildman–Crippen LogP) is 2.95. The van der Waals surface area contributed by atoms with Gasteiger partial charge in [-0.3, -0.25) is 4.79 Å². The summed E-state index contributed by atoms with van der Waals surface area (Å²) in [6.07, 6.45) is 9.70. The quantitative estimate of drug-likeness (QED) is 0.575. The van der Waals surface area contributed by atoms with Crippen molar-refractivity contribution < 1.29 is 4.79 Å². The van der Waals surface area contributed by atoms with Crippen LogP contribution in [0.2, 0.25) is 0 Å². The molecule has 0 saturated heterocycles. The molecule has 1 aliphatic rings. The highest BCUT2D eigenvalue weighted by molar-refractivity contribution is 5.78. The SMILES string of the molecule is CCCCCN(CCCCC)C(=O)CNC1CC1. The molecule has 0 aromatic rings. The second-order valence-electron chi connectivity index (χ2n) is 5.45. The number of unbranched alkanes of at least 4 members (excludes halogenated alkanes) is 4. The average molecular weight is 254 g/mol. The van der Waals surface area contributed by atoms with E-state index in [0.717, 1.165) is 25.9 Å². The first-order valence-electron chi connectivity index (χ1n) is 7.79. The lowest BCUT2D eigenvalue weighted by atomic mass is 10.2. The molecule has 3 nitrogen and oxygen atoms in total. The number of hydrogen-bond acceptors (Lipinski definition) is 2.